The third kappa shape index (κ3) is 7.31. The highest BCUT2D eigenvalue weighted by molar-refractivity contribution is 6.29. The first-order valence-electron chi connectivity index (χ1n) is 6.90. The predicted octanol–water partition coefficient (Wildman–Crippen LogP) is 5.69. The highest BCUT2D eigenvalue weighted by Crippen LogP contribution is 2.26. The molecule has 0 atom stereocenters. The first-order chi connectivity index (χ1) is 8.72. The van der Waals surface area contributed by atoms with Gasteiger partial charge in [-0.25, -0.2) is 4.98 Å². The van der Waals surface area contributed by atoms with Crippen LogP contribution in [0.5, 0.6) is 0 Å². The van der Waals surface area contributed by atoms with Crippen LogP contribution < -0.4 is 0 Å². The maximum atomic E-state index is 5.75. The molecule has 1 aromatic rings. The lowest BCUT2D eigenvalue weighted by Gasteiger charge is -2.19. The van der Waals surface area contributed by atoms with Crippen LogP contribution in [0.2, 0.25) is 5.15 Å². The monoisotopic (exact) mass is 282 g/mol. The summed E-state index contributed by atoms with van der Waals surface area (Å²) in [6.07, 6.45) is 6.29. The summed E-state index contributed by atoms with van der Waals surface area (Å²) in [5, 5.41) is 0.443. The molecule has 0 spiro atoms. The molecule has 1 heterocycles. The number of halogens is 1. The lowest BCUT2D eigenvalue weighted by atomic mass is 9.87. The van der Waals surface area contributed by atoms with Gasteiger partial charge in [-0.15, -0.1) is 0 Å². The molecule has 19 heavy (non-hydrogen) atoms. The molecular formula is C16H27ClN2. The average molecular weight is 283 g/mol. The summed E-state index contributed by atoms with van der Waals surface area (Å²) in [7, 11) is 0. The molecule has 3 heteroatoms. The largest absolute Gasteiger partial charge is 0.252 e. The second-order valence-electron chi connectivity index (χ2n) is 5.74. The topological polar surface area (TPSA) is 25.8 Å². The van der Waals surface area contributed by atoms with E-state index >= 15 is 0 Å². The molecule has 0 aliphatic heterocycles. The Hall–Kier alpha value is -0.890. The van der Waals surface area contributed by atoms with E-state index in [1.54, 1.807) is 6.20 Å². The number of unbranched alkanes of at least 4 members (excludes halogenated alkanes) is 1. The van der Waals surface area contributed by atoms with E-state index in [9.17, 15) is 0 Å². The molecule has 0 fully saturated rings. The van der Waals surface area contributed by atoms with Crippen LogP contribution in [0.15, 0.2) is 11.8 Å². The zero-order valence-electron chi connectivity index (χ0n) is 13.3. The van der Waals surface area contributed by atoms with E-state index in [0.717, 1.165) is 11.4 Å². The van der Waals surface area contributed by atoms with E-state index in [1.165, 1.54) is 18.4 Å². The second-order valence-corrected chi connectivity index (χ2v) is 6.13. The Morgan fingerprint density at radius 2 is 1.79 bits per heavy atom. The molecule has 0 aliphatic carbocycles. The van der Waals surface area contributed by atoms with Crippen LogP contribution in [0.4, 0.5) is 0 Å². The molecule has 0 bridgehead atoms. The maximum absolute atomic E-state index is 5.75. The molecular weight excluding hydrogens is 256 g/mol. The Balaban J connectivity index is 0.000000711. The minimum atomic E-state index is 0.160. The van der Waals surface area contributed by atoms with Gasteiger partial charge in [0.1, 0.15) is 5.15 Å². The fourth-order valence-corrected chi connectivity index (χ4v) is 1.20. The third-order valence-corrected chi connectivity index (χ3v) is 3.17. The average Bonchev–Trinajstić information content (AvgIpc) is 2.31. The van der Waals surface area contributed by atoms with Gasteiger partial charge in [-0.3, -0.25) is 4.98 Å². The SMILES string of the molecule is C/C(=C\c1ncc(Cl)nc1C)C(C)(C)C.CCCC. The molecule has 2 nitrogen and oxygen atoms in total. The van der Waals surface area contributed by atoms with Gasteiger partial charge in [0.2, 0.25) is 0 Å². The van der Waals surface area contributed by atoms with Gasteiger partial charge in [-0.2, -0.15) is 0 Å². The predicted molar refractivity (Wildman–Crippen MR) is 85.5 cm³/mol. The van der Waals surface area contributed by atoms with Crippen LogP contribution >= 0.6 is 11.6 Å². The van der Waals surface area contributed by atoms with Crippen molar-refractivity contribution in [2.24, 2.45) is 5.41 Å². The quantitative estimate of drug-likeness (QED) is 0.696. The maximum Gasteiger partial charge on any atom is 0.147 e. The van der Waals surface area contributed by atoms with Crippen molar-refractivity contribution in [3.8, 4) is 0 Å². The Kier molecular flexibility index (Phi) is 7.93. The van der Waals surface area contributed by atoms with Crippen LogP contribution in [0, 0.1) is 12.3 Å². The van der Waals surface area contributed by atoms with Crippen molar-refractivity contribution in [1.29, 1.82) is 0 Å². The van der Waals surface area contributed by atoms with E-state index in [4.69, 9.17) is 11.6 Å². The van der Waals surface area contributed by atoms with E-state index < -0.39 is 0 Å². The Bertz CT molecular complexity index is 415. The number of aromatic nitrogens is 2. The van der Waals surface area contributed by atoms with Crippen molar-refractivity contribution >= 4 is 17.7 Å². The Morgan fingerprint density at radius 1 is 1.26 bits per heavy atom. The van der Waals surface area contributed by atoms with Crippen LogP contribution in [0.1, 0.15) is 65.8 Å². The highest BCUT2D eigenvalue weighted by atomic mass is 35.5. The van der Waals surface area contributed by atoms with Gasteiger partial charge < -0.3 is 0 Å². The van der Waals surface area contributed by atoms with Crippen LogP contribution in [-0.4, -0.2) is 9.97 Å². The number of allylic oxidation sites excluding steroid dienone is 1. The van der Waals surface area contributed by atoms with Gasteiger partial charge in [-0.05, 0) is 25.3 Å². The van der Waals surface area contributed by atoms with Gasteiger partial charge in [0.25, 0.3) is 0 Å². The summed E-state index contributed by atoms with van der Waals surface area (Å²) in [5.41, 5.74) is 3.20. The van der Waals surface area contributed by atoms with Crippen molar-refractivity contribution in [3.05, 3.63) is 28.3 Å². The van der Waals surface area contributed by atoms with Crippen LogP contribution in [0.25, 0.3) is 6.08 Å². The van der Waals surface area contributed by atoms with Crippen molar-refractivity contribution in [3.63, 3.8) is 0 Å². The van der Waals surface area contributed by atoms with Crippen molar-refractivity contribution in [2.45, 2.75) is 61.3 Å². The smallest absolute Gasteiger partial charge is 0.147 e. The summed E-state index contributed by atoms with van der Waals surface area (Å²) < 4.78 is 0. The summed E-state index contributed by atoms with van der Waals surface area (Å²) in [4.78, 5) is 8.43. The number of hydrogen-bond acceptors (Lipinski definition) is 2. The minimum Gasteiger partial charge on any atom is -0.252 e. The molecule has 0 saturated carbocycles. The van der Waals surface area contributed by atoms with Crippen molar-refractivity contribution < 1.29 is 0 Å². The van der Waals surface area contributed by atoms with Crippen LogP contribution in [-0.2, 0) is 0 Å². The summed E-state index contributed by atoms with van der Waals surface area (Å²) in [5.74, 6) is 0. The molecule has 0 aromatic carbocycles. The Labute approximate surface area is 123 Å². The lowest BCUT2D eigenvalue weighted by molar-refractivity contribution is 0.507. The first kappa shape index (κ1) is 18.1. The Morgan fingerprint density at radius 3 is 2.16 bits per heavy atom. The van der Waals surface area contributed by atoms with Gasteiger partial charge in [-0.1, -0.05) is 64.6 Å². The molecule has 0 radical (unpaired) electrons. The van der Waals surface area contributed by atoms with Gasteiger partial charge in [0.15, 0.2) is 0 Å². The normalized spacial score (nSPS) is 11.9. The van der Waals surface area contributed by atoms with E-state index in [-0.39, 0.29) is 5.41 Å². The molecule has 0 unspecified atom stereocenters. The number of rotatable bonds is 2. The zero-order valence-corrected chi connectivity index (χ0v) is 14.1. The van der Waals surface area contributed by atoms with Crippen molar-refractivity contribution in [2.75, 3.05) is 0 Å². The van der Waals surface area contributed by atoms with E-state index in [0.29, 0.717) is 5.15 Å². The summed E-state index contributed by atoms with van der Waals surface area (Å²) >= 11 is 5.75. The fourth-order valence-electron chi connectivity index (χ4n) is 1.03. The molecule has 1 rings (SSSR count). The zero-order chi connectivity index (χ0) is 15.1. The standard InChI is InChI=1S/C12H17ClN2.C4H10/c1-8(12(3,4)5)6-10-9(2)15-11(13)7-14-10;1-3-4-2/h6-7H,1-5H3;3-4H2,1-2H3/b8-6+;. The van der Waals surface area contributed by atoms with Gasteiger partial charge in [0, 0.05) is 0 Å². The molecule has 0 aliphatic rings. The van der Waals surface area contributed by atoms with Gasteiger partial charge >= 0.3 is 0 Å². The number of nitrogens with zero attached hydrogens (tertiary/aromatic N) is 2. The van der Waals surface area contributed by atoms with Gasteiger partial charge in [0.05, 0.1) is 17.6 Å². The molecule has 108 valence electrons. The minimum absolute atomic E-state index is 0.160. The highest BCUT2D eigenvalue weighted by Gasteiger charge is 2.13. The second kappa shape index (κ2) is 8.31. The molecule has 0 saturated heterocycles. The lowest BCUT2D eigenvalue weighted by Crippen LogP contribution is -2.06. The summed E-state index contributed by atoms with van der Waals surface area (Å²) in [6, 6.07) is 0. The van der Waals surface area contributed by atoms with Crippen LogP contribution in [0.3, 0.4) is 0 Å². The van der Waals surface area contributed by atoms with E-state index in [1.807, 2.05) is 6.92 Å². The molecule has 0 N–H and O–H groups in total. The molecule has 0 amide bonds. The first-order valence-corrected chi connectivity index (χ1v) is 7.28. The third-order valence-electron chi connectivity index (χ3n) is 2.99. The molecule has 1 aromatic heterocycles. The summed E-state index contributed by atoms with van der Waals surface area (Å²) in [6.45, 7) is 14.9. The van der Waals surface area contributed by atoms with E-state index in [2.05, 4.69) is 57.6 Å². The number of hydrogen-bond donors (Lipinski definition) is 0. The number of aryl methyl sites for hydroxylation is 1. The van der Waals surface area contributed by atoms with Crippen molar-refractivity contribution in [1.82, 2.24) is 9.97 Å². The fraction of sp³-hybridized carbons (Fsp3) is 0.625.